The summed E-state index contributed by atoms with van der Waals surface area (Å²) in [6.07, 6.45) is 0.569. The summed E-state index contributed by atoms with van der Waals surface area (Å²) in [5.41, 5.74) is 0.875. The minimum atomic E-state index is -3.55. The Kier molecular flexibility index (Phi) is 4.55. The summed E-state index contributed by atoms with van der Waals surface area (Å²) in [7, 11) is -0.611. The predicted molar refractivity (Wildman–Crippen MR) is 93.2 cm³/mol. The number of thiophene rings is 1. The fourth-order valence-corrected chi connectivity index (χ4v) is 3.73. The zero-order valence-corrected chi connectivity index (χ0v) is 14.7. The molecule has 1 N–H and O–H groups in total. The lowest BCUT2D eigenvalue weighted by Crippen LogP contribution is -2.22. The number of hydrogen-bond donors (Lipinski definition) is 1. The van der Waals surface area contributed by atoms with Crippen LogP contribution in [0, 0.1) is 0 Å². The number of aliphatic imine (C=N–C) groups is 1. The third-order valence-electron chi connectivity index (χ3n) is 3.40. The zero-order chi connectivity index (χ0) is 17.3. The van der Waals surface area contributed by atoms with Gasteiger partial charge in [0.15, 0.2) is 0 Å². The number of aliphatic hydroxyl groups is 1. The summed E-state index contributed by atoms with van der Waals surface area (Å²) >= 11 is 1.52. The van der Waals surface area contributed by atoms with Crippen LogP contribution >= 0.6 is 11.3 Å². The standard InChI is InChI=1S/C16H16N2O4S2/c1-18(2)24(20,21)13-7-3-5-11(9-13)15-17-14(16(19)22-15)10-12-6-4-8-23-12/h3-10,16,19H,1-2H3/b14-10+. The summed E-state index contributed by atoms with van der Waals surface area (Å²) < 4.78 is 31.0. The van der Waals surface area contributed by atoms with Gasteiger partial charge in [0.25, 0.3) is 0 Å². The van der Waals surface area contributed by atoms with Crippen LogP contribution < -0.4 is 0 Å². The first-order chi connectivity index (χ1) is 11.4. The average Bonchev–Trinajstić information content (AvgIpc) is 3.18. The SMILES string of the molecule is CN(C)S(=O)(=O)c1cccc(C2=N/C(=C/c3cccs3)C(O)O2)c1. The van der Waals surface area contributed by atoms with Gasteiger partial charge in [-0.3, -0.25) is 0 Å². The summed E-state index contributed by atoms with van der Waals surface area (Å²) in [4.78, 5) is 5.37. The van der Waals surface area contributed by atoms with Gasteiger partial charge in [-0.15, -0.1) is 11.3 Å². The number of rotatable bonds is 4. The van der Waals surface area contributed by atoms with E-state index in [4.69, 9.17) is 4.74 Å². The van der Waals surface area contributed by atoms with Gasteiger partial charge < -0.3 is 9.84 Å². The number of benzene rings is 1. The summed E-state index contributed by atoms with van der Waals surface area (Å²) in [5.74, 6) is 0.195. The van der Waals surface area contributed by atoms with Crippen molar-refractivity contribution in [1.29, 1.82) is 0 Å². The molecule has 24 heavy (non-hydrogen) atoms. The predicted octanol–water partition coefficient (Wildman–Crippen LogP) is 2.13. The Morgan fingerprint density at radius 2 is 2.08 bits per heavy atom. The Morgan fingerprint density at radius 3 is 2.75 bits per heavy atom. The van der Waals surface area contributed by atoms with Crippen LogP contribution in [0.25, 0.3) is 6.08 Å². The highest BCUT2D eigenvalue weighted by atomic mass is 32.2. The lowest BCUT2D eigenvalue weighted by atomic mass is 10.2. The highest BCUT2D eigenvalue weighted by molar-refractivity contribution is 7.89. The van der Waals surface area contributed by atoms with E-state index >= 15 is 0 Å². The Labute approximate surface area is 144 Å². The van der Waals surface area contributed by atoms with Gasteiger partial charge in [0.1, 0.15) is 5.70 Å². The maximum atomic E-state index is 12.2. The van der Waals surface area contributed by atoms with Crippen LogP contribution in [0.5, 0.6) is 0 Å². The first kappa shape index (κ1) is 16.8. The molecule has 126 valence electrons. The molecule has 2 heterocycles. The van der Waals surface area contributed by atoms with Crippen molar-refractivity contribution >= 4 is 33.3 Å². The van der Waals surface area contributed by atoms with Crippen LogP contribution in [0.15, 0.2) is 57.4 Å². The molecule has 2 aromatic rings. The topological polar surface area (TPSA) is 79.2 Å². The Hall–Kier alpha value is -2.00. The molecule has 3 rings (SSSR count). The summed E-state index contributed by atoms with van der Waals surface area (Å²) in [6.45, 7) is 0. The van der Waals surface area contributed by atoms with Crippen molar-refractivity contribution in [3.05, 3.63) is 57.9 Å². The van der Waals surface area contributed by atoms with Gasteiger partial charge in [0.2, 0.25) is 22.2 Å². The Bertz CT molecular complexity index is 900. The molecule has 6 nitrogen and oxygen atoms in total. The van der Waals surface area contributed by atoms with Crippen molar-refractivity contribution in [2.75, 3.05) is 14.1 Å². The van der Waals surface area contributed by atoms with E-state index in [0.717, 1.165) is 9.18 Å². The second-order valence-corrected chi connectivity index (χ2v) is 8.42. The van der Waals surface area contributed by atoms with E-state index in [0.29, 0.717) is 11.3 Å². The number of sulfonamides is 1. The molecule has 1 atom stereocenters. The molecule has 0 bridgehead atoms. The molecule has 1 aromatic carbocycles. The van der Waals surface area contributed by atoms with Crippen LogP contribution in [0.3, 0.4) is 0 Å². The fraction of sp³-hybridized carbons (Fsp3) is 0.188. The third-order valence-corrected chi connectivity index (χ3v) is 6.03. The molecule has 8 heteroatoms. The van der Waals surface area contributed by atoms with Gasteiger partial charge in [0, 0.05) is 24.5 Å². The molecule has 0 fully saturated rings. The normalized spacial score (nSPS) is 19.6. The Morgan fingerprint density at radius 1 is 1.29 bits per heavy atom. The van der Waals surface area contributed by atoms with Gasteiger partial charge >= 0.3 is 0 Å². The van der Waals surface area contributed by atoms with E-state index in [1.807, 2.05) is 17.5 Å². The maximum absolute atomic E-state index is 12.2. The van der Waals surface area contributed by atoms with Crippen LogP contribution in [-0.2, 0) is 14.8 Å². The molecule has 1 aliphatic heterocycles. The largest absolute Gasteiger partial charge is 0.441 e. The van der Waals surface area contributed by atoms with Gasteiger partial charge in [-0.05, 0) is 35.7 Å². The first-order valence-corrected chi connectivity index (χ1v) is 9.41. The molecular weight excluding hydrogens is 348 g/mol. The monoisotopic (exact) mass is 364 g/mol. The van der Waals surface area contributed by atoms with Gasteiger partial charge in [-0.25, -0.2) is 17.7 Å². The van der Waals surface area contributed by atoms with E-state index in [1.54, 1.807) is 18.2 Å². The average molecular weight is 364 g/mol. The van der Waals surface area contributed by atoms with E-state index in [2.05, 4.69) is 4.99 Å². The van der Waals surface area contributed by atoms with Crippen molar-refractivity contribution in [3.8, 4) is 0 Å². The highest BCUT2D eigenvalue weighted by Crippen LogP contribution is 2.25. The van der Waals surface area contributed by atoms with Gasteiger partial charge in [-0.2, -0.15) is 0 Å². The van der Waals surface area contributed by atoms with E-state index in [-0.39, 0.29) is 10.8 Å². The molecule has 1 unspecified atom stereocenters. The van der Waals surface area contributed by atoms with Crippen molar-refractivity contribution in [3.63, 3.8) is 0 Å². The number of nitrogens with zero attached hydrogens (tertiary/aromatic N) is 2. The minimum absolute atomic E-state index is 0.140. The lowest BCUT2D eigenvalue weighted by molar-refractivity contribution is 0.0178. The van der Waals surface area contributed by atoms with Gasteiger partial charge in [-0.1, -0.05) is 12.1 Å². The molecule has 1 aromatic heterocycles. The molecular formula is C16H16N2O4S2. The van der Waals surface area contributed by atoms with Crippen molar-refractivity contribution < 1.29 is 18.3 Å². The quantitative estimate of drug-likeness (QED) is 0.901. The molecule has 0 saturated heterocycles. The lowest BCUT2D eigenvalue weighted by Gasteiger charge is -2.12. The molecule has 0 amide bonds. The van der Waals surface area contributed by atoms with E-state index in [9.17, 15) is 13.5 Å². The van der Waals surface area contributed by atoms with Crippen LogP contribution in [0.1, 0.15) is 10.4 Å². The van der Waals surface area contributed by atoms with Crippen LogP contribution in [0.4, 0.5) is 0 Å². The van der Waals surface area contributed by atoms with Gasteiger partial charge in [0.05, 0.1) is 4.90 Å². The zero-order valence-electron chi connectivity index (χ0n) is 13.1. The second kappa shape index (κ2) is 6.48. The van der Waals surface area contributed by atoms with E-state index < -0.39 is 16.3 Å². The number of hydrogen-bond acceptors (Lipinski definition) is 6. The van der Waals surface area contributed by atoms with Crippen molar-refractivity contribution in [2.45, 2.75) is 11.2 Å². The summed E-state index contributed by atoms with van der Waals surface area (Å²) in [5, 5.41) is 11.9. The third kappa shape index (κ3) is 3.27. The van der Waals surface area contributed by atoms with E-state index in [1.165, 1.54) is 37.6 Å². The molecule has 0 radical (unpaired) electrons. The molecule has 0 saturated carbocycles. The van der Waals surface area contributed by atoms with Crippen molar-refractivity contribution in [1.82, 2.24) is 4.31 Å². The maximum Gasteiger partial charge on any atom is 0.243 e. The smallest absolute Gasteiger partial charge is 0.243 e. The van der Waals surface area contributed by atoms with Crippen LogP contribution in [0.2, 0.25) is 0 Å². The molecule has 0 spiro atoms. The fourth-order valence-electron chi connectivity index (χ4n) is 2.12. The highest BCUT2D eigenvalue weighted by Gasteiger charge is 2.26. The molecule has 1 aliphatic rings. The summed E-state index contributed by atoms with van der Waals surface area (Å²) in [6, 6.07) is 10.1. The second-order valence-electron chi connectivity index (χ2n) is 5.29. The van der Waals surface area contributed by atoms with Crippen LogP contribution in [-0.4, -0.2) is 44.1 Å². The number of ether oxygens (including phenoxy) is 1. The minimum Gasteiger partial charge on any atom is -0.441 e. The van der Waals surface area contributed by atoms with Crippen molar-refractivity contribution in [2.24, 2.45) is 4.99 Å². The molecule has 0 aliphatic carbocycles. The number of aliphatic hydroxyl groups excluding tert-OH is 1. The first-order valence-electron chi connectivity index (χ1n) is 7.09. The Balaban J connectivity index is 1.96.